The summed E-state index contributed by atoms with van der Waals surface area (Å²) in [6.07, 6.45) is 4.65. The van der Waals surface area contributed by atoms with Crippen molar-refractivity contribution < 1.29 is 9.52 Å². The maximum Gasteiger partial charge on any atom is 0.122 e. The first-order valence-electron chi connectivity index (χ1n) is 7.89. The molecule has 2 aliphatic rings. The average Bonchev–Trinajstić information content (AvgIpc) is 2.89. The summed E-state index contributed by atoms with van der Waals surface area (Å²) in [4.78, 5) is 0. The van der Waals surface area contributed by atoms with E-state index in [9.17, 15) is 5.11 Å². The summed E-state index contributed by atoms with van der Waals surface area (Å²) in [6.45, 7) is 3.05. The van der Waals surface area contributed by atoms with Gasteiger partial charge in [0.15, 0.2) is 0 Å². The van der Waals surface area contributed by atoms with Crippen LogP contribution in [0.15, 0.2) is 16.5 Å². The van der Waals surface area contributed by atoms with Crippen molar-refractivity contribution in [2.75, 3.05) is 13.2 Å². The molecule has 4 N–H and O–H groups in total. The molecule has 112 valence electrons. The number of nitrogens with one attached hydrogen (secondary N) is 1. The first-order valence-corrected chi connectivity index (χ1v) is 7.89. The quantitative estimate of drug-likeness (QED) is 0.745. The number of rotatable bonds is 6. The van der Waals surface area contributed by atoms with Gasteiger partial charge in [-0.3, -0.25) is 0 Å². The van der Waals surface area contributed by atoms with Gasteiger partial charge in [-0.2, -0.15) is 0 Å². The van der Waals surface area contributed by atoms with E-state index in [0.29, 0.717) is 24.4 Å². The Balaban J connectivity index is 1.65. The van der Waals surface area contributed by atoms with Crippen molar-refractivity contribution in [1.82, 2.24) is 5.32 Å². The minimum Gasteiger partial charge on any atom is -0.464 e. The van der Waals surface area contributed by atoms with Crippen LogP contribution in [-0.2, 0) is 0 Å². The third-order valence-corrected chi connectivity index (χ3v) is 5.01. The number of hydrogen-bond acceptors (Lipinski definition) is 4. The van der Waals surface area contributed by atoms with Gasteiger partial charge in [-0.05, 0) is 43.2 Å². The van der Waals surface area contributed by atoms with Gasteiger partial charge in [-0.1, -0.05) is 13.3 Å². The third-order valence-electron chi connectivity index (χ3n) is 5.01. The molecule has 0 aliphatic heterocycles. The second kappa shape index (κ2) is 5.88. The van der Waals surface area contributed by atoms with E-state index in [1.54, 1.807) is 0 Å². The second-order valence-corrected chi connectivity index (χ2v) is 6.49. The molecule has 2 aliphatic carbocycles. The van der Waals surface area contributed by atoms with Gasteiger partial charge in [0.25, 0.3) is 0 Å². The summed E-state index contributed by atoms with van der Waals surface area (Å²) in [7, 11) is 0. The molecule has 5 atom stereocenters. The Hall–Kier alpha value is -0.840. The average molecular weight is 278 g/mol. The highest BCUT2D eigenvalue weighted by atomic mass is 16.3. The molecule has 1 aromatic heterocycles. The standard InChI is InChI=1S/C16H26N2O2/c1-10-7-12(10)15-5-6-16(20-15)14(8-17)18-13-4-2-3-11(13)9-19/h5-6,10-14,18-19H,2-4,7-9,17H2,1H3. The van der Waals surface area contributed by atoms with Crippen LogP contribution in [-0.4, -0.2) is 24.3 Å². The van der Waals surface area contributed by atoms with Crippen LogP contribution < -0.4 is 11.1 Å². The molecule has 2 saturated carbocycles. The lowest BCUT2D eigenvalue weighted by Crippen LogP contribution is -2.39. The van der Waals surface area contributed by atoms with Crippen LogP contribution in [0.4, 0.5) is 0 Å². The topological polar surface area (TPSA) is 71.4 Å². The van der Waals surface area contributed by atoms with E-state index >= 15 is 0 Å². The molecule has 1 aromatic rings. The van der Waals surface area contributed by atoms with Gasteiger partial charge in [-0.25, -0.2) is 0 Å². The molecular weight excluding hydrogens is 252 g/mol. The van der Waals surface area contributed by atoms with Crippen LogP contribution >= 0.6 is 0 Å². The van der Waals surface area contributed by atoms with Crippen molar-refractivity contribution in [1.29, 1.82) is 0 Å². The Morgan fingerprint density at radius 1 is 1.45 bits per heavy atom. The van der Waals surface area contributed by atoms with Crippen LogP contribution in [0.5, 0.6) is 0 Å². The van der Waals surface area contributed by atoms with Crippen LogP contribution in [0.3, 0.4) is 0 Å². The zero-order valence-corrected chi connectivity index (χ0v) is 12.2. The smallest absolute Gasteiger partial charge is 0.122 e. The fourth-order valence-corrected chi connectivity index (χ4v) is 3.47. The van der Waals surface area contributed by atoms with E-state index in [4.69, 9.17) is 10.2 Å². The lowest BCUT2D eigenvalue weighted by atomic mass is 10.0. The summed E-state index contributed by atoms with van der Waals surface area (Å²) in [5.41, 5.74) is 5.91. The van der Waals surface area contributed by atoms with Crippen molar-refractivity contribution in [3.8, 4) is 0 Å². The number of hydrogen-bond donors (Lipinski definition) is 3. The molecule has 0 spiro atoms. The Morgan fingerprint density at radius 3 is 2.90 bits per heavy atom. The van der Waals surface area contributed by atoms with E-state index in [2.05, 4.69) is 24.4 Å². The van der Waals surface area contributed by atoms with Crippen molar-refractivity contribution in [3.63, 3.8) is 0 Å². The molecule has 0 bridgehead atoms. The molecule has 20 heavy (non-hydrogen) atoms. The molecule has 3 rings (SSSR count). The highest BCUT2D eigenvalue weighted by Crippen LogP contribution is 2.47. The Labute approximate surface area is 120 Å². The monoisotopic (exact) mass is 278 g/mol. The number of furan rings is 1. The normalized spacial score (nSPS) is 34.4. The van der Waals surface area contributed by atoms with Gasteiger partial charge in [0.05, 0.1) is 6.04 Å². The van der Waals surface area contributed by atoms with E-state index in [1.165, 1.54) is 12.8 Å². The number of nitrogens with two attached hydrogens (primary N) is 1. The second-order valence-electron chi connectivity index (χ2n) is 6.49. The molecule has 0 amide bonds. The molecular formula is C16H26N2O2. The predicted molar refractivity (Wildman–Crippen MR) is 78.4 cm³/mol. The van der Waals surface area contributed by atoms with Crippen LogP contribution in [0.25, 0.3) is 0 Å². The fourth-order valence-electron chi connectivity index (χ4n) is 3.47. The lowest BCUT2D eigenvalue weighted by molar-refractivity contribution is 0.196. The molecule has 0 radical (unpaired) electrons. The molecule has 4 heteroatoms. The number of aliphatic hydroxyl groups excluding tert-OH is 1. The Kier molecular flexibility index (Phi) is 4.15. The van der Waals surface area contributed by atoms with Gasteiger partial charge >= 0.3 is 0 Å². The van der Waals surface area contributed by atoms with Crippen molar-refractivity contribution in [3.05, 3.63) is 23.7 Å². The number of aliphatic hydroxyl groups is 1. The van der Waals surface area contributed by atoms with Gasteiger partial charge in [0, 0.05) is 25.1 Å². The Morgan fingerprint density at radius 2 is 2.25 bits per heavy atom. The SMILES string of the molecule is CC1CC1c1ccc(C(CN)NC2CCCC2CO)o1. The minimum absolute atomic E-state index is 0.0648. The van der Waals surface area contributed by atoms with Crippen molar-refractivity contribution >= 4 is 0 Å². The molecule has 2 fully saturated rings. The molecule has 4 nitrogen and oxygen atoms in total. The molecule has 0 aromatic carbocycles. The maximum absolute atomic E-state index is 9.41. The predicted octanol–water partition coefficient (Wildman–Crippen LogP) is 2.15. The maximum atomic E-state index is 9.41. The van der Waals surface area contributed by atoms with Gasteiger partial charge < -0.3 is 20.6 Å². The minimum atomic E-state index is 0.0648. The fraction of sp³-hybridized carbons (Fsp3) is 0.750. The highest BCUT2D eigenvalue weighted by Gasteiger charge is 2.37. The zero-order chi connectivity index (χ0) is 14.1. The highest BCUT2D eigenvalue weighted by molar-refractivity contribution is 5.19. The largest absolute Gasteiger partial charge is 0.464 e. The van der Waals surface area contributed by atoms with E-state index in [1.807, 2.05) is 0 Å². The molecule has 5 unspecified atom stereocenters. The van der Waals surface area contributed by atoms with E-state index < -0.39 is 0 Å². The zero-order valence-electron chi connectivity index (χ0n) is 12.2. The van der Waals surface area contributed by atoms with E-state index in [-0.39, 0.29) is 12.6 Å². The molecule has 1 heterocycles. The van der Waals surface area contributed by atoms with E-state index in [0.717, 1.165) is 30.3 Å². The van der Waals surface area contributed by atoms with Gasteiger partial charge in [-0.15, -0.1) is 0 Å². The van der Waals surface area contributed by atoms with Crippen molar-refractivity contribution in [2.24, 2.45) is 17.6 Å². The summed E-state index contributed by atoms with van der Waals surface area (Å²) in [6, 6.07) is 4.59. The van der Waals surface area contributed by atoms with Crippen LogP contribution in [0.2, 0.25) is 0 Å². The van der Waals surface area contributed by atoms with Gasteiger partial charge in [0.2, 0.25) is 0 Å². The third kappa shape index (κ3) is 2.78. The van der Waals surface area contributed by atoms with Crippen LogP contribution in [0.1, 0.15) is 56.1 Å². The molecule has 0 saturated heterocycles. The first kappa shape index (κ1) is 14.1. The summed E-state index contributed by atoms with van der Waals surface area (Å²) < 4.78 is 6.01. The Bertz CT molecular complexity index is 445. The van der Waals surface area contributed by atoms with Gasteiger partial charge in [0.1, 0.15) is 11.5 Å². The summed E-state index contributed by atoms with van der Waals surface area (Å²) in [5.74, 6) is 3.79. The summed E-state index contributed by atoms with van der Waals surface area (Å²) >= 11 is 0. The van der Waals surface area contributed by atoms with Crippen molar-refractivity contribution in [2.45, 2.75) is 50.6 Å². The van der Waals surface area contributed by atoms with Crippen LogP contribution in [0, 0.1) is 11.8 Å². The first-order chi connectivity index (χ1) is 9.72. The lowest BCUT2D eigenvalue weighted by Gasteiger charge is -2.24. The summed E-state index contributed by atoms with van der Waals surface area (Å²) in [5, 5.41) is 13.0.